The second-order valence-corrected chi connectivity index (χ2v) is 5.57. The SMILES string of the molecule is CC(C)(O)C(=O)NCCc1ccc(Cl)s1. The molecule has 1 amide bonds. The number of carbonyl (C=O) groups is 1. The Balaban J connectivity index is 2.31. The average molecular weight is 248 g/mol. The molecule has 1 rings (SSSR count). The van der Waals surface area contributed by atoms with Crippen molar-refractivity contribution in [3.8, 4) is 0 Å². The second kappa shape index (κ2) is 4.96. The van der Waals surface area contributed by atoms with E-state index in [0.717, 1.165) is 15.6 Å². The van der Waals surface area contributed by atoms with Crippen LogP contribution >= 0.6 is 22.9 Å². The van der Waals surface area contributed by atoms with Crippen LogP contribution in [0.25, 0.3) is 0 Å². The maximum atomic E-state index is 11.3. The molecule has 0 aliphatic carbocycles. The van der Waals surface area contributed by atoms with Gasteiger partial charge >= 0.3 is 0 Å². The van der Waals surface area contributed by atoms with Crippen molar-refractivity contribution in [1.82, 2.24) is 5.32 Å². The number of nitrogens with one attached hydrogen (secondary N) is 1. The molecule has 5 heteroatoms. The van der Waals surface area contributed by atoms with Crippen LogP contribution in [0, 0.1) is 0 Å². The number of carbonyl (C=O) groups excluding carboxylic acids is 1. The smallest absolute Gasteiger partial charge is 0.251 e. The molecule has 0 atom stereocenters. The number of aliphatic hydroxyl groups is 1. The molecule has 0 bridgehead atoms. The fraction of sp³-hybridized carbons (Fsp3) is 0.500. The van der Waals surface area contributed by atoms with Crippen LogP contribution in [0.1, 0.15) is 18.7 Å². The van der Waals surface area contributed by atoms with Crippen LogP contribution in [0.2, 0.25) is 4.34 Å². The number of thiophene rings is 1. The van der Waals surface area contributed by atoms with E-state index < -0.39 is 5.60 Å². The van der Waals surface area contributed by atoms with E-state index in [-0.39, 0.29) is 5.91 Å². The topological polar surface area (TPSA) is 49.3 Å². The van der Waals surface area contributed by atoms with Gasteiger partial charge in [-0.15, -0.1) is 11.3 Å². The lowest BCUT2D eigenvalue weighted by Gasteiger charge is -2.16. The van der Waals surface area contributed by atoms with E-state index in [1.807, 2.05) is 12.1 Å². The summed E-state index contributed by atoms with van der Waals surface area (Å²) in [4.78, 5) is 12.4. The predicted octanol–water partition coefficient (Wildman–Crippen LogP) is 1.83. The second-order valence-electron chi connectivity index (χ2n) is 3.77. The van der Waals surface area contributed by atoms with Crippen LogP contribution in [-0.4, -0.2) is 23.2 Å². The lowest BCUT2D eigenvalue weighted by Crippen LogP contribution is -2.42. The zero-order valence-corrected chi connectivity index (χ0v) is 10.3. The van der Waals surface area contributed by atoms with Crippen LogP contribution in [0.4, 0.5) is 0 Å². The lowest BCUT2D eigenvalue weighted by atomic mass is 10.1. The highest BCUT2D eigenvalue weighted by molar-refractivity contribution is 7.16. The van der Waals surface area contributed by atoms with Crippen LogP contribution in [0.5, 0.6) is 0 Å². The normalized spacial score (nSPS) is 11.5. The molecule has 15 heavy (non-hydrogen) atoms. The van der Waals surface area contributed by atoms with Gasteiger partial charge in [0, 0.05) is 11.4 Å². The predicted molar refractivity (Wildman–Crippen MR) is 62.3 cm³/mol. The molecule has 0 aliphatic heterocycles. The summed E-state index contributed by atoms with van der Waals surface area (Å²) < 4.78 is 0.749. The molecule has 3 nitrogen and oxygen atoms in total. The molecule has 2 N–H and O–H groups in total. The standard InChI is InChI=1S/C10H14ClNO2S/c1-10(2,14)9(13)12-6-5-7-3-4-8(11)15-7/h3-4,14H,5-6H2,1-2H3,(H,12,13). The zero-order chi connectivity index (χ0) is 11.5. The average Bonchev–Trinajstić information content (AvgIpc) is 2.49. The van der Waals surface area contributed by atoms with E-state index in [4.69, 9.17) is 11.6 Å². The third-order valence-electron chi connectivity index (χ3n) is 1.84. The number of rotatable bonds is 4. The van der Waals surface area contributed by atoms with Gasteiger partial charge in [-0.25, -0.2) is 0 Å². The quantitative estimate of drug-likeness (QED) is 0.853. The summed E-state index contributed by atoms with van der Waals surface area (Å²) in [5, 5.41) is 12.0. The fourth-order valence-corrected chi connectivity index (χ4v) is 2.09. The first kappa shape index (κ1) is 12.5. The Morgan fingerprint density at radius 3 is 2.73 bits per heavy atom. The van der Waals surface area contributed by atoms with Gasteiger partial charge in [-0.1, -0.05) is 11.6 Å². The van der Waals surface area contributed by atoms with Gasteiger partial charge < -0.3 is 10.4 Å². The third-order valence-corrected chi connectivity index (χ3v) is 3.13. The zero-order valence-electron chi connectivity index (χ0n) is 8.71. The fourth-order valence-electron chi connectivity index (χ4n) is 1.00. The summed E-state index contributed by atoms with van der Waals surface area (Å²) in [6.07, 6.45) is 0.735. The molecule has 0 aromatic carbocycles. The van der Waals surface area contributed by atoms with Crippen LogP contribution in [-0.2, 0) is 11.2 Å². The Hall–Kier alpha value is -0.580. The first-order chi connectivity index (χ1) is 6.89. The molecule has 0 saturated carbocycles. The van der Waals surface area contributed by atoms with Crippen molar-refractivity contribution >= 4 is 28.8 Å². The monoisotopic (exact) mass is 247 g/mol. The van der Waals surface area contributed by atoms with Gasteiger partial charge in [0.2, 0.25) is 0 Å². The van der Waals surface area contributed by atoms with Crippen molar-refractivity contribution in [1.29, 1.82) is 0 Å². The molecule has 0 fully saturated rings. The van der Waals surface area contributed by atoms with Crippen molar-refractivity contribution in [3.63, 3.8) is 0 Å². The molecule has 0 saturated heterocycles. The van der Waals surface area contributed by atoms with Gasteiger partial charge in [0.05, 0.1) is 4.34 Å². The molecular formula is C10H14ClNO2S. The summed E-state index contributed by atoms with van der Waals surface area (Å²) in [6, 6.07) is 3.77. The third kappa shape index (κ3) is 4.20. The van der Waals surface area contributed by atoms with Crippen molar-refractivity contribution in [2.45, 2.75) is 25.9 Å². The Labute approximate surface area is 98.1 Å². The molecule has 1 heterocycles. The van der Waals surface area contributed by atoms with Crippen molar-refractivity contribution in [2.75, 3.05) is 6.54 Å². The highest BCUT2D eigenvalue weighted by atomic mass is 35.5. The molecular weight excluding hydrogens is 234 g/mol. The molecule has 1 aromatic heterocycles. The maximum Gasteiger partial charge on any atom is 0.251 e. The summed E-state index contributed by atoms with van der Waals surface area (Å²) >= 11 is 7.26. The van der Waals surface area contributed by atoms with E-state index in [2.05, 4.69) is 5.32 Å². The highest BCUT2D eigenvalue weighted by Gasteiger charge is 2.22. The Bertz CT molecular complexity index is 343. The number of hydrogen-bond donors (Lipinski definition) is 2. The van der Waals surface area contributed by atoms with Gasteiger partial charge in [0.25, 0.3) is 5.91 Å². The molecule has 0 spiro atoms. The van der Waals surface area contributed by atoms with Crippen LogP contribution in [0.15, 0.2) is 12.1 Å². The maximum absolute atomic E-state index is 11.3. The van der Waals surface area contributed by atoms with Gasteiger partial charge in [-0.2, -0.15) is 0 Å². The summed E-state index contributed by atoms with van der Waals surface area (Å²) in [6.45, 7) is 3.44. The van der Waals surface area contributed by atoms with Crippen LogP contribution in [0.3, 0.4) is 0 Å². The first-order valence-corrected chi connectivity index (χ1v) is 5.84. The number of hydrogen-bond acceptors (Lipinski definition) is 3. The largest absolute Gasteiger partial charge is 0.381 e. The minimum absolute atomic E-state index is 0.356. The molecule has 1 aromatic rings. The van der Waals surface area contributed by atoms with Crippen molar-refractivity contribution in [3.05, 3.63) is 21.3 Å². The van der Waals surface area contributed by atoms with Gasteiger partial charge in [0.15, 0.2) is 0 Å². The van der Waals surface area contributed by atoms with Crippen LogP contribution < -0.4 is 5.32 Å². The highest BCUT2D eigenvalue weighted by Crippen LogP contribution is 2.21. The Morgan fingerprint density at radius 1 is 1.60 bits per heavy atom. The Morgan fingerprint density at radius 2 is 2.27 bits per heavy atom. The minimum atomic E-state index is -1.31. The summed E-state index contributed by atoms with van der Waals surface area (Å²) in [5.41, 5.74) is -1.31. The first-order valence-electron chi connectivity index (χ1n) is 4.64. The number of amides is 1. The number of halogens is 1. The van der Waals surface area contributed by atoms with Gasteiger partial charge in [-0.05, 0) is 32.4 Å². The summed E-state index contributed by atoms with van der Waals surface area (Å²) in [5.74, 6) is -0.356. The van der Waals surface area contributed by atoms with E-state index in [1.54, 1.807) is 0 Å². The van der Waals surface area contributed by atoms with E-state index in [9.17, 15) is 9.90 Å². The summed E-state index contributed by atoms with van der Waals surface area (Å²) in [7, 11) is 0. The molecule has 0 aliphatic rings. The van der Waals surface area contributed by atoms with E-state index in [0.29, 0.717) is 6.54 Å². The van der Waals surface area contributed by atoms with Gasteiger partial charge in [0.1, 0.15) is 5.60 Å². The van der Waals surface area contributed by atoms with E-state index >= 15 is 0 Å². The molecule has 0 unspecified atom stereocenters. The van der Waals surface area contributed by atoms with E-state index in [1.165, 1.54) is 25.2 Å². The van der Waals surface area contributed by atoms with Gasteiger partial charge in [-0.3, -0.25) is 4.79 Å². The molecule has 84 valence electrons. The lowest BCUT2D eigenvalue weighted by molar-refractivity contribution is -0.136. The van der Waals surface area contributed by atoms with Crippen molar-refractivity contribution in [2.24, 2.45) is 0 Å². The molecule has 0 radical (unpaired) electrons. The minimum Gasteiger partial charge on any atom is -0.381 e. The van der Waals surface area contributed by atoms with Crippen molar-refractivity contribution < 1.29 is 9.90 Å². The Kier molecular flexibility index (Phi) is 4.13.